The fourth-order valence-electron chi connectivity index (χ4n) is 2.58. The molecule has 0 saturated carbocycles. The minimum absolute atomic E-state index is 0.132. The lowest BCUT2D eigenvalue weighted by Crippen LogP contribution is -2.39. The Morgan fingerprint density at radius 3 is 2.57 bits per heavy atom. The van der Waals surface area contributed by atoms with Gasteiger partial charge in [-0.2, -0.15) is 0 Å². The lowest BCUT2D eigenvalue weighted by molar-refractivity contribution is -0.143. The van der Waals surface area contributed by atoms with Crippen molar-refractivity contribution in [3.05, 3.63) is 0 Å². The number of nitrogens with zero attached hydrogens (tertiary/aromatic N) is 1. The first-order valence-corrected chi connectivity index (χ1v) is 7.98. The fourth-order valence-corrected chi connectivity index (χ4v) is 2.58. The van der Waals surface area contributed by atoms with Crippen molar-refractivity contribution in [2.75, 3.05) is 13.2 Å². The molecule has 1 saturated heterocycles. The smallest absolute Gasteiger partial charge is 0.410 e. The van der Waals surface area contributed by atoms with Gasteiger partial charge in [-0.1, -0.05) is 6.42 Å². The molecule has 1 heterocycles. The highest BCUT2D eigenvalue weighted by molar-refractivity contribution is 5.69. The van der Waals surface area contributed by atoms with Crippen molar-refractivity contribution < 1.29 is 19.1 Å². The van der Waals surface area contributed by atoms with E-state index in [2.05, 4.69) is 0 Å². The van der Waals surface area contributed by atoms with E-state index in [0.717, 1.165) is 38.6 Å². The summed E-state index contributed by atoms with van der Waals surface area (Å²) >= 11 is 0. The van der Waals surface area contributed by atoms with Gasteiger partial charge in [-0.25, -0.2) is 4.79 Å². The normalized spacial score (nSPS) is 18.7. The van der Waals surface area contributed by atoms with E-state index in [-0.39, 0.29) is 18.1 Å². The number of esters is 1. The van der Waals surface area contributed by atoms with Crippen LogP contribution in [0.1, 0.15) is 66.2 Å². The van der Waals surface area contributed by atoms with Crippen molar-refractivity contribution in [1.29, 1.82) is 0 Å². The van der Waals surface area contributed by atoms with Crippen LogP contribution in [-0.4, -0.2) is 41.8 Å². The summed E-state index contributed by atoms with van der Waals surface area (Å²) in [7, 11) is 0. The van der Waals surface area contributed by atoms with Gasteiger partial charge >= 0.3 is 12.1 Å². The van der Waals surface area contributed by atoms with Crippen LogP contribution < -0.4 is 0 Å². The van der Waals surface area contributed by atoms with Crippen molar-refractivity contribution in [3.8, 4) is 0 Å². The second kappa shape index (κ2) is 8.25. The van der Waals surface area contributed by atoms with E-state index in [0.29, 0.717) is 13.0 Å². The minimum Gasteiger partial charge on any atom is -0.466 e. The molecule has 0 unspecified atom stereocenters. The van der Waals surface area contributed by atoms with Gasteiger partial charge in [0, 0.05) is 19.0 Å². The Morgan fingerprint density at radius 1 is 1.24 bits per heavy atom. The number of likely N-dealkylation sites (tertiary alicyclic amines) is 1. The molecule has 0 bridgehead atoms. The molecule has 0 aliphatic carbocycles. The zero-order valence-corrected chi connectivity index (χ0v) is 13.8. The lowest BCUT2D eigenvalue weighted by Gasteiger charge is -2.28. The van der Waals surface area contributed by atoms with E-state index in [1.54, 1.807) is 0 Å². The van der Waals surface area contributed by atoms with Gasteiger partial charge in [-0.05, 0) is 53.4 Å². The first-order valence-electron chi connectivity index (χ1n) is 7.98. The van der Waals surface area contributed by atoms with Crippen molar-refractivity contribution in [1.82, 2.24) is 4.90 Å². The Bertz CT molecular complexity index is 349. The van der Waals surface area contributed by atoms with Gasteiger partial charge in [0.05, 0.1) is 6.61 Å². The molecule has 1 atom stereocenters. The first-order chi connectivity index (χ1) is 9.83. The Labute approximate surface area is 128 Å². The van der Waals surface area contributed by atoms with Gasteiger partial charge < -0.3 is 14.4 Å². The summed E-state index contributed by atoms with van der Waals surface area (Å²) in [5.41, 5.74) is -0.450. The van der Waals surface area contributed by atoms with Crippen LogP contribution in [0.3, 0.4) is 0 Å². The SMILES string of the molecule is CCOC(=O)CCCC[C@H]1CCCN1C(=O)OC(C)(C)C. The highest BCUT2D eigenvalue weighted by Crippen LogP contribution is 2.24. The highest BCUT2D eigenvalue weighted by Gasteiger charge is 2.31. The third kappa shape index (κ3) is 6.82. The molecule has 0 aromatic carbocycles. The number of ether oxygens (including phenoxy) is 2. The summed E-state index contributed by atoms with van der Waals surface area (Å²) in [5, 5.41) is 0. The number of hydrogen-bond donors (Lipinski definition) is 0. The molecule has 1 aliphatic heterocycles. The standard InChI is InChI=1S/C16H29NO4/c1-5-20-14(18)11-7-6-9-13-10-8-12-17(13)15(19)21-16(2,3)4/h13H,5-12H2,1-4H3/t13-/m0/s1. The molecule has 1 fully saturated rings. The molecule has 1 amide bonds. The van der Waals surface area contributed by atoms with E-state index in [4.69, 9.17) is 9.47 Å². The number of unbranched alkanes of at least 4 members (excludes halogenated alkanes) is 1. The Hall–Kier alpha value is -1.26. The molecule has 0 aromatic heterocycles. The second-order valence-electron chi connectivity index (χ2n) is 6.52. The van der Waals surface area contributed by atoms with E-state index in [1.165, 1.54) is 0 Å². The summed E-state index contributed by atoms with van der Waals surface area (Å²) in [6.45, 7) is 8.68. The molecule has 5 nitrogen and oxygen atoms in total. The molecule has 21 heavy (non-hydrogen) atoms. The summed E-state index contributed by atoms with van der Waals surface area (Å²) in [6, 6.07) is 0.252. The largest absolute Gasteiger partial charge is 0.466 e. The van der Waals surface area contributed by atoms with Gasteiger partial charge in [-0.15, -0.1) is 0 Å². The fraction of sp³-hybridized carbons (Fsp3) is 0.875. The van der Waals surface area contributed by atoms with Crippen molar-refractivity contribution in [2.24, 2.45) is 0 Å². The summed E-state index contributed by atoms with van der Waals surface area (Å²) in [6.07, 6.45) is 4.99. The van der Waals surface area contributed by atoms with Crippen LogP contribution in [0.25, 0.3) is 0 Å². The Morgan fingerprint density at radius 2 is 1.95 bits per heavy atom. The third-order valence-electron chi connectivity index (χ3n) is 3.48. The Balaban J connectivity index is 2.30. The molecule has 0 spiro atoms. The first kappa shape index (κ1) is 17.8. The molecule has 1 aliphatic rings. The topological polar surface area (TPSA) is 55.8 Å². The average Bonchev–Trinajstić information content (AvgIpc) is 2.81. The number of amides is 1. The molecule has 0 N–H and O–H groups in total. The average molecular weight is 299 g/mol. The molecule has 5 heteroatoms. The summed E-state index contributed by atoms with van der Waals surface area (Å²) in [4.78, 5) is 25.2. The van der Waals surface area contributed by atoms with Gasteiger partial charge in [0.15, 0.2) is 0 Å². The van der Waals surface area contributed by atoms with Gasteiger partial charge in [0.2, 0.25) is 0 Å². The molecule has 0 aromatic rings. The van der Waals surface area contributed by atoms with E-state index >= 15 is 0 Å². The van der Waals surface area contributed by atoms with Crippen LogP contribution >= 0.6 is 0 Å². The predicted molar refractivity (Wildman–Crippen MR) is 81.1 cm³/mol. The highest BCUT2D eigenvalue weighted by atomic mass is 16.6. The molecular formula is C16H29NO4. The predicted octanol–water partition coefficient (Wildman–Crippen LogP) is 3.51. The molecule has 0 radical (unpaired) electrons. The van der Waals surface area contributed by atoms with Gasteiger partial charge in [0.1, 0.15) is 5.60 Å². The van der Waals surface area contributed by atoms with Crippen molar-refractivity contribution >= 4 is 12.1 Å². The van der Waals surface area contributed by atoms with Gasteiger partial charge in [0.25, 0.3) is 0 Å². The van der Waals surface area contributed by atoms with Crippen LogP contribution in [-0.2, 0) is 14.3 Å². The second-order valence-corrected chi connectivity index (χ2v) is 6.52. The van der Waals surface area contributed by atoms with Crippen LogP contribution in [0.5, 0.6) is 0 Å². The number of carbonyl (C=O) groups is 2. The maximum atomic E-state index is 12.1. The van der Waals surface area contributed by atoms with Gasteiger partial charge in [-0.3, -0.25) is 4.79 Å². The monoisotopic (exact) mass is 299 g/mol. The maximum absolute atomic E-state index is 12.1. The summed E-state index contributed by atoms with van der Waals surface area (Å²) < 4.78 is 10.3. The van der Waals surface area contributed by atoms with Crippen LogP contribution in [0.4, 0.5) is 4.79 Å². The zero-order valence-electron chi connectivity index (χ0n) is 13.8. The van der Waals surface area contributed by atoms with E-state index < -0.39 is 5.60 Å². The minimum atomic E-state index is -0.450. The van der Waals surface area contributed by atoms with Crippen LogP contribution in [0, 0.1) is 0 Å². The van der Waals surface area contributed by atoms with Crippen molar-refractivity contribution in [3.63, 3.8) is 0 Å². The molecule has 122 valence electrons. The zero-order chi connectivity index (χ0) is 15.9. The number of hydrogen-bond acceptors (Lipinski definition) is 4. The van der Waals surface area contributed by atoms with Crippen LogP contribution in [0.15, 0.2) is 0 Å². The third-order valence-corrected chi connectivity index (χ3v) is 3.48. The number of carbonyl (C=O) groups excluding carboxylic acids is 2. The van der Waals surface area contributed by atoms with E-state index in [1.807, 2.05) is 32.6 Å². The van der Waals surface area contributed by atoms with Crippen molar-refractivity contribution in [2.45, 2.75) is 77.9 Å². The molecular weight excluding hydrogens is 270 g/mol. The maximum Gasteiger partial charge on any atom is 0.410 e. The lowest BCUT2D eigenvalue weighted by atomic mass is 10.1. The number of rotatable bonds is 6. The Kier molecular flexibility index (Phi) is 6.99. The van der Waals surface area contributed by atoms with Crippen LogP contribution in [0.2, 0.25) is 0 Å². The van der Waals surface area contributed by atoms with E-state index in [9.17, 15) is 9.59 Å². The molecule has 1 rings (SSSR count). The summed E-state index contributed by atoms with van der Waals surface area (Å²) in [5.74, 6) is -0.132. The quantitative estimate of drug-likeness (QED) is 0.556.